The van der Waals surface area contributed by atoms with Gasteiger partial charge in [-0.3, -0.25) is 4.79 Å². The zero-order chi connectivity index (χ0) is 19.9. The molecule has 0 fully saturated rings. The average Bonchev–Trinajstić information content (AvgIpc) is 2.69. The Morgan fingerprint density at radius 3 is 2.50 bits per heavy atom. The Morgan fingerprint density at radius 1 is 1.00 bits per heavy atom. The second-order valence-corrected chi connectivity index (χ2v) is 5.95. The molecule has 28 heavy (non-hydrogen) atoms. The van der Waals surface area contributed by atoms with Crippen LogP contribution in [0.25, 0.3) is 0 Å². The number of rotatable bonds is 7. The second kappa shape index (κ2) is 8.85. The van der Waals surface area contributed by atoms with Gasteiger partial charge in [-0.1, -0.05) is 6.07 Å². The maximum Gasteiger partial charge on any atom is 0.274 e. The molecule has 0 aliphatic rings. The van der Waals surface area contributed by atoms with Crippen molar-refractivity contribution in [1.29, 1.82) is 0 Å². The minimum Gasteiger partial charge on any atom is -0.497 e. The van der Waals surface area contributed by atoms with E-state index in [9.17, 15) is 4.79 Å². The van der Waals surface area contributed by atoms with E-state index in [4.69, 9.17) is 9.47 Å². The highest BCUT2D eigenvalue weighted by Gasteiger charge is 2.12. The Kier molecular flexibility index (Phi) is 6.06. The molecule has 0 spiro atoms. The third-order valence-electron chi connectivity index (χ3n) is 3.84. The molecular formula is C21H22N4O3. The van der Waals surface area contributed by atoms with Crippen LogP contribution in [0, 0.1) is 6.92 Å². The monoisotopic (exact) mass is 378 g/mol. The van der Waals surface area contributed by atoms with E-state index in [1.54, 1.807) is 38.3 Å². The van der Waals surface area contributed by atoms with Crippen molar-refractivity contribution in [1.82, 2.24) is 9.97 Å². The van der Waals surface area contributed by atoms with E-state index in [0.29, 0.717) is 29.7 Å². The van der Waals surface area contributed by atoms with Crippen molar-refractivity contribution in [2.45, 2.75) is 13.8 Å². The number of benzene rings is 2. The van der Waals surface area contributed by atoms with Crippen LogP contribution in [0.2, 0.25) is 0 Å². The van der Waals surface area contributed by atoms with Crippen LogP contribution in [0.1, 0.15) is 23.2 Å². The number of carbonyl (C=O) groups is 1. The molecule has 2 N–H and O–H groups in total. The topological polar surface area (TPSA) is 85.4 Å². The molecule has 0 bridgehead atoms. The van der Waals surface area contributed by atoms with Gasteiger partial charge in [-0.05, 0) is 50.2 Å². The standard InChI is InChI=1S/C21H22N4O3/c1-4-28-17-10-8-15(9-11-17)24-20-13-19(22-14(2)23-20)21(26)25-16-6-5-7-18(12-16)27-3/h5-13H,4H2,1-3H3,(H,25,26)(H,22,23,24). The van der Waals surface area contributed by atoms with Crippen molar-refractivity contribution in [3.05, 3.63) is 66.1 Å². The molecule has 1 heterocycles. The highest BCUT2D eigenvalue weighted by molar-refractivity contribution is 6.03. The van der Waals surface area contributed by atoms with E-state index < -0.39 is 0 Å². The molecule has 2 aromatic carbocycles. The van der Waals surface area contributed by atoms with Crippen molar-refractivity contribution < 1.29 is 14.3 Å². The van der Waals surface area contributed by atoms with E-state index in [-0.39, 0.29) is 11.6 Å². The molecular weight excluding hydrogens is 356 g/mol. The number of anilines is 3. The molecule has 0 aliphatic carbocycles. The molecule has 1 amide bonds. The molecule has 3 rings (SSSR count). The fourth-order valence-corrected chi connectivity index (χ4v) is 2.59. The van der Waals surface area contributed by atoms with Crippen LogP contribution in [-0.2, 0) is 0 Å². The fourth-order valence-electron chi connectivity index (χ4n) is 2.59. The van der Waals surface area contributed by atoms with Crippen LogP contribution in [0.5, 0.6) is 11.5 Å². The van der Waals surface area contributed by atoms with E-state index in [1.165, 1.54) is 0 Å². The number of hydrogen-bond acceptors (Lipinski definition) is 6. The number of aromatic nitrogens is 2. The number of hydrogen-bond donors (Lipinski definition) is 2. The molecule has 1 aromatic heterocycles. The largest absolute Gasteiger partial charge is 0.497 e. The van der Waals surface area contributed by atoms with Gasteiger partial charge in [-0.15, -0.1) is 0 Å². The van der Waals surface area contributed by atoms with Crippen molar-refractivity contribution in [2.75, 3.05) is 24.4 Å². The number of methoxy groups -OCH3 is 1. The Balaban J connectivity index is 1.75. The number of aryl methyl sites for hydroxylation is 1. The van der Waals surface area contributed by atoms with E-state index >= 15 is 0 Å². The molecule has 0 saturated carbocycles. The van der Waals surface area contributed by atoms with Gasteiger partial charge in [-0.2, -0.15) is 0 Å². The summed E-state index contributed by atoms with van der Waals surface area (Å²) < 4.78 is 10.6. The van der Waals surface area contributed by atoms with E-state index in [1.807, 2.05) is 37.3 Å². The molecule has 0 unspecified atom stereocenters. The van der Waals surface area contributed by atoms with Gasteiger partial charge in [0.05, 0.1) is 13.7 Å². The molecule has 0 saturated heterocycles. The molecule has 0 aliphatic heterocycles. The number of nitrogens with one attached hydrogen (secondary N) is 2. The summed E-state index contributed by atoms with van der Waals surface area (Å²) in [4.78, 5) is 21.2. The third-order valence-corrected chi connectivity index (χ3v) is 3.84. The van der Waals surface area contributed by atoms with Crippen LogP contribution in [0.3, 0.4) is 0 Å². The first-order valence-electron chi connectivity index (χ1n) is 8.88. The van der Waals surface area contributed by atoms with E-state index in [0.717, 1.165) is 11.4 Å². The zero-order valence-corrected chi connectivity index (χ0v) is 16.0. The highest BCUT2D eigenvalue weighted by atomic mass is 16.5. The summed E-state index contributed by atoms with van der Waals surface area (Å²) in [5.41, 5.74) is 1.73. The maximum absolute atomic E-state index is 12.6. The second-order valence-electron chi connectivity index (χ2n) is 5.95. The molecule has 7 nitrogen and oxygen atoms in total. The number of amides is 1. The summed E-state index contributed by atoms with van der Waals surface area (Å²) >= 11 is 0. The minimum absolute atomic E-state index is 0.267. The first kappa shape index (κ1) is 19.2. The van der Waals surface area contributed by atoms with Crippen molar-refractivity contribution in [3.63, 3.8) is 0 Å². The Bertz CT molecular complexity index is 958. The smallest absolute Gasteiger partial charge is 0.274 e. The molecule has 7 heteroatoms. The van der Waals surface area contributed by atoms with Gasteiger partial charge < -0.3 is 20.1 Å². The molecule has 0 radical (unpaired) electrons. The molecule has 3 aromatic rings. The number of carbonyl (C=O) groups excluding carboxylic acids is 1. The van der Waals surface area contributed by atoms with Crippen LogP contribution in [-0.4, -0.2) is 29.6 Å². The van der Waals surface area contributed by atoms with Gasteiger partial charge in [0.2, 0.25) is 0 Å². The van der Waals surface area contributed by atoms with Crippen molar-refractivity contribution >= 4 is 23.1 Å². The fraction of sp³-hybridized carbons (Fsp3) is 0.190. The van der Waals surface area contributed by atoms with Crippen LogP contribution in [0.15, 0.2) is 54.6 Å². The summed E-state index contributed by atoms with van der Waals surface area (Å²) in [6, 6.07) is 16.3. The minimum atomic E-state index is -0.325. The van der Waals surface area contributed by atoms with Gasteiger partial charge >= 0.3 is 0 Å². The van der Waals surface area contributed by atoms with Gasteiger partial charge in [0.25, 0.3) is 5.91 Å². The normalized spacial score (nSPS) is 10.2. The van der Waals surface area contributed by atoms with Crippen LogP contribution < -0.4 is 20.1 Å². The summed E-state index contributed by atoms with van der Waals surface area (Å²) in [5.74, 6) is 2.16. The summed E-state index contributed by atoms with van der Waals surface area (Å²) in [6.07, 6.45) is 0. The number of nitrogens with zero attached hydrogens (tertiary/aromatic N) is 2. The van der Waals surface area contributed by atoms with Crippen LogP contribution >= 0.6 is 0 Å². The van der Waals surface area contributed by atoms with E-state index in [2.05, 4.69) is 20.6 Å². The lowest BCUT2D eigenvalue weighted by atomic mass is 10.2. The summed E-state index contributed by atoms with van der Waals surface area (Å²) in [5, 5.41) is 6.00. The van der Waals surface area contributed by atoms with Gasteiger partial charge in [0, 0.05) is 23.5 Å². The SMILES string of the molecule is CCOc1ccc(Nc2cc(C(=O)Nc3cccc(OC)c3)nc(C)n2)cc1. The molecule has 144 valence electrons. The molecule has 0 atom stereocenters. The zero-order valence-electron chi connectivity index (χ0n) is 16.0. The number of ether oxygens (including phenoxy) is 2. The van der Waals surface area contributed by atoms with Gasteiger partial charge in [-0.25, -0.2) is 9.97 Å². The lowest BCUT2D eigenvalue weighted by Gasteiger charge is -2.10. The van der Waals surface area contributed by atoms with Gasteiger partial charge in [0.1, 0.15) is 28.8 Å². The van der Waals surface area contributed by atoms with Gasteiger partial charge in [0.15, 0.2) is 0 Å². The van der Waals surface area contributed by atoms with Crippen molar-refractivity contribution in [2.24, 2.45) is 0 Å². The lowest BCUT2D eigenvalue weighted by Crippen LogP contribution is -2.15. The summed E-state index contributed by atoms with van der Waals surface area (Å²) in [7, 11) is 1.58. The predicted octanol–water partition coefficient (Wildman–Crippen LogP) is 4.19. The highest BCUT2D eigenvalue weighted by Crippen LogP contribution is 2.21. The lowest BCUT2D eigenvalue weighted by molar-refractivity contribution is 0.102. The Labute approximate surface area is 163 Å². The third kappa shape index (κ3) is 4.97. The Hall–Kier alpha value is -3.61. The average molecular weight is 378 g/mol. The first-order chi connectivity index (χ1) is 13.6. The predicted molar refractivity (Wildman–Crippen MR) is 109 cm³/mol. The first-order valence-corrected chi connectivity index (χ1v) is 8.88. The quantitative estimate of drug-likeness (QED) is 0.641. The Morgan fingerprint density at radius 2 is 1.79 bits per heavy atom. The maximum atomic E-state index is 12.6. The van der Waals surface area contributed by atoms with Crippen molar-refractivity contribution in [3.8, 4) is 11.5 Å². The summed E-state index contributed by atoms with van der Waals surface area (Å²) in [6.45, 7) is 4.29. The van der Waals surface area contributed by atoms with Crippen LogP contribution in [0.4, 0.5) is 17.2 Å².